The molecule has 2 aromatic rings. The molecular formula is C17H20N2O3S. The first kappa shape index (κ1) is 17.0. The molecule has 0 unspecified atom stereocenters. The van der Waals surface area contributed by atoms with Crippen LogP contribution in [0.1, 0.15) is 34.5 Å². The molecule has 2 rings (SSSR count). The highest BCUT2D eigenvalue weighted by atomic mass is 32.2. The molecule has 122 valence electrons. The number of hydrogen-bond donors (Lipinski definition) is 2. The lowest BCUT2D eigenvalue weighted by Crippen LogP contribution is -2.27. The molecule has 5 nitrogen and oxygen atoms in total. The van der Waals surface area contributed by atoms with Crippen LogP contribution in [0.4, 0.5) is 5.69 Å². The van der Waals surface area contributed by atoms with Crippen molar-refractivity contribution in [1.29, 1.82) is 0 Å². The zero-order chi connectivity index (χ0) is 17.0. The van der Waals surface area contributed by atoms with Gasteiger partial charge < -0.3 is 5.32 Å². The molecule has 6 heteroatoms. The number of para-hydroxylation sites is 1. The first-order valence-electron chi connectivity index (χ1n) is 7.20. The molecule has 0 fully saturated rings. The number of aryl methyl sites for hydroxylation is 1. The lowest BCUT2D eigenvalue weighted by molar-refractivity contribution is 0.0941. The summed E-state index contributed by atoms with van der Waals surface area (Å²) in [5.74, 6) is -0.329. The molecule has 0 aliphatic rings. The van der Waals surface area contributed by atoms with E-state index in [1.807, 2.05) is 38.1 Å². The van der Waals surface area contributed by atoms with Gasteiger partial charge in [-0.2, -0.15) is 0 Å². The summed E-state index contributed by atoms with van der Waals surface area (Å²) < 4.78 is 25.2. The molecule has 0 saturated heterocycles. The predicted molar refractivity (Wildman–Crippen MR) is 92.0 cm³/mol. The molecule has 0 bridgehead atoms. The Balaban J connectivity index is 2.19. The van der Waals surface area contributed by atoms with Gasteiger partial charge in [-0.25, -0.2) is 8.42 Å². The second kappa shape index (κ2) is 6.83. The minimum Gasteiger partial charge on any atom is -0.345 e. The fourth-order valence-corrected chi connectivity index (χ4v) is 2.76. The number of amides is 1. The standard InChI is InChI=1S/C17H20N2O3S/c1-12-8-10-14(11-9-12)13(2)18-17(20)15-6-4-5-7-16(15)19-23(3,21)22/h4-11,13,19H,1-3H3,(H,18,20)/t13-/m0/s1. The van der Waals surface area contributed by atoms with E-state index in [2.05, 4.69) is 10.0 Å². The van der Waals surface area contributed by atoms with Crippen molar-refractivity contribution in [1.82, 2.24) is 5.32 Å². The number of nitrogens with one attached hydrogen (secondary N) is 2. The van der Waals surface area contributed by atoms with E-state index in [9.17, 15) is 13.2 Å². The number of sulfonamides is 1. The van der Waals surface area contributed by atoms with Crippen molar-refractivity contribution in [2.75, 3.05) is 11.0 Å². The van der Waals surface area contributed by atoms with Gasteiger partial charge in [-0.3, -0.25) is 9.52 Å². The summed E-state index contributed by atoms with van der Waals surface area (Å²) in [6.45, 7) is 3.88. The largest absolute Gasteiger partial charge is 0.345 e. The van der Waals surface area contributed by atoms with E-state index in [-0.39, 0.29) is 23.2 Å². The second-order valence-corrected chi connectivity index (χ2v) is 7.27. The molecule has 0 aliphatic carbocycles. The van der Waals surface area contributed by atoms with Gasteiger partial charge in [0.05, 0.1) is 23.5 Å². The monoisotopic (exact) mass is 332 g/mol. The van der Waals surface area contributed by atoms with Gasteiger partial charge in [0.25, 0.3) is 5.91 Å². The number of carbonyl (C=O) groups excluding carboxylic acids is 1. The Labute approximate surface area is 136 Å². The first-order chi connectivity index (χ1) is 10.8. The normalized spacial score (nSPS) is 12.5. The highest BCUT2D eigenvalue weighted by Gasteiger charge is 2.16. The average molecular weight is 332 g/mol. The van der Waals surface area contributed by atoms with E-state index in [0.717, 1.165) is 17.4 Å². The highest BCUT2D eigenvalue weighted by Crippen LogP contribution is 2.19. The topological polar surface area (TPSA) is 75.3 Å². The summed E-state index contributed by atoms with van der Waals surface area (Å²) >= 11 is 0. The van der Waals surface area contributed by atoms with E-state index in [1.165, 1.54) is 0 Å². The van der Waals surface area contributed by atoms with Gasteiger partial charge >= 0.3 is 0 Å². The van der Waals surface area contributed by atoms with Gasteiger partial charge in [-0.1, -0.05) is 42.0 Å². The summed E-state index contributed by atoms with van der Waals surface area (Å²) in [5.41, 5.74) is 2.69. The summed E-state index contributed by atoms with van der Waals surface area (Å²) in [6.07, 6.45) is 1.05. The van der Waals surface area contributed by atoms with Crippen molar-refractivity contribution in [2.45, 2.75) is 19.9 Å². The Kier molecular flexibility index (Phi) is 5.05. The number of anilines is 1. The third kappa shape index (κ3) is 4.82. The Morgan fingerprint density at radius 1 is 1.04 bits per heavy atom. The molecule has 1 amide bonds. The number of rotatable bonds is 5. The molecule has 1 atom stereocenters. The van der Waals surface area contributed by atoms with Gasteiger partial charge in [0.1, 0.15) is 0 Å². The van der Waals surface area contributed by atoms with Crippen LogP contribution in [-0.4, -0.2) is 20.6 Å². The van der Waals surface area contributed by atoms with Crippen LogP contribution in [-0.2, 0) is 10.0 Å². The van der Waals surface area contributed by atoms with Crippen LogP contribution in [0.3, 0.4) is 0 Å². The van der Waals surface area contributed by atoms with E-state index >= 15 is 0 Å². The van der Waals surface area contributed by atoms with Crippen LogP contribution in [0.15, 0.2) is 48.5 Å². The SMILES string of the molecule is Cc1ccc([C@H](C)NC(=O)c2ccccc2NS(C)(=O)=O)cc1. The summed E-state index contributed by atoms with van der Waals surface area (Å²) in [7, 11) is -3.45. The van der Waals surface area contributed by atoms with Crippen molar-refractivity contribution < 1.29 is 13.2 Å². The Bertz CT molecular complexity index is 799. The van der Waals surface area contributed by atoms with Crippen LogP contribution in [0.25, 0.3) is 0 Å². The second-order valence-electron chi connectivity index (χ2n) is 5.53. The summed E-state index contributed by atoms with van der Waals surface area (Å²) in [5, 5.41) is 2.88. The maximum atomic E-state index is 12.5. The summed E-state index contributed by atoms with van der Waals surface area (Å²) in [6, 6.07) is 14.2. The Hall–Kier alpha value is -2.34. The van der Waals surface area contributed by atoms with Crippen LogP contribution < -0.4 is 10.0 Å². The van der Waals surface area contributed by atoms with Crippen LogP contribution >= 0.6 is 0 Å². The fourth-order valence-electron chi connectivity index (χ4n) is 2.18. The fraction of sp³-hybridized carbons (Fsp3) is 0.235. The molecule has 0 spiro atoms. The molecular weight excluding hydrogens is 312 g/mol. The van der Waals surface area contributed by atoms with Crippen molar-refractivity contribution in [3.63, 3.8) is 0 Å². The lowest BCUT2D eigenvalue weighted by Gasteiger charge is -2.16. The van der Waals surface area contributed by atoms with E-state index in [4.69, 9.17) is 0 Å². The van der Waals surface area contributed by atoms with Crippen molar-refractivity contribution in [3.8, 4) is 0 Å². The summed E-state index contributed by atoms with van der Waals surface area (Å²) in [4.78, 5) is 12.5. The maximum Gasteiger partial charge on any atom is 0.253 e. The zero-order valence-electron chi connectivity index (χ0n) is 13.3. The van der Waals surface area contributed by atoms with Crippen LogP contribution in [0, 0.1) is 6.92 Å². The molecule has 0 saturated carbocycles. The van der Waals surface area contributed by atoms with Crippen molar-refractivity contribution in [3.05, 3.63) is 65.2 Å². The van der Waals surface area contributed by atoms with Gasteiger partial charge in [-0.05, 0) is 31.5 Å². The highest BCUT2D eigenvalue weighted by molar-refractivity contribution is 7.92. The predicted octanol–water partition coefficient (Wildman–Crippen LogP) is 2.86. The molecule has 0 aliphatic heterocycles. The van der Waals surface area contributed by atoms with Gasteiger partial charge in [0, 0.05) is 0 Å². The molecule has 0 aromatic heterocycles. The number of benzene rings is 2. The molecule has 2 aromatic carbocycles. The minimum atomic E-state index is -3.45. The van der Waals surface area contributed by atoms with Crippen LogP contribution in [0.5, 0.6) is 0 Å². The smallest absolute Gasteiger partial charge is 0.253 e. The average Bonchev–Trinajstić information content (AvgIpc) is 2.46. The third-order valence-corrected chi connectivity index (χ3v) is 3.98. The Morgan fingerprint density at radius 2 is 1.65 bits per heavy atom. The Morgan fingerprint density at radius 3 is 2.26 bits per heavy atom. The maximum absolute atomic E-state index is 12.5. The quantitative estimate of drug-likeness (QED) is 0.884. The van der Waals surface area contributed by atoms with Crippen molar-refractivity contribution >= 4 is 21.6 Å². The lowest BCUT2D eigenvalue weighted by atomic mass is 10.1. The van der Waals surface area contributed by atoms with Crippen molar-refractivity contribution in [2.24, 2.45) is 0 Å². The number of carbonyl (C=O) groups is 1. The van der Waals surface area contributed by atoms with E-state index < -0.39 is 10.0 Å². The van der Waals surface area contributed by atoms with E-state index in [1.54, 1.807) is 24.3 Å². The number of hydrogen-bond acceptors (Lipinski definition) is 3. The molecule has 0 radical (unpaired) electrons. The molecule has 2 N–H and O–H groups in total. The zero-order valence-corrected chi connectivity index (χ0v) is 14.1. The minimum absolute atomic E-state index is 0.186. The first-order valence-corrected chi connectivity index (χ1v) is 9.09. The van der Waals surface area contributed by atoms with Crippen LogP contribution in [0.2, 0.25) is 0 Å². The third-order valence-electron chi connectivity index (χ3n) is 3.39. The molecule has 23 heavy (non-hydrogen) atoms. The van der Waals surface area contributed by atoms with Gasteiger partial charge in [0.2, 0.25) is 10.0 Å². The van der Waals surface area contributed by atoms with E-state index in [0.29, 0.717) is 0 Å². The molecule has 0 heterocycles. The van der Waals surface area contributed by atoms with Gasteiger partial charge in [0.15, 0.2) is 0 Å². The van der Waals surface area contributed by atoms with Gasteiger partial charge in [-0.15, -0.1) is 0 Å².